The number of carbonyl (C=O) groups excluding carboxylic acids is 1. The van der Waals surface area contributed by atoms with E-state index in [4.69, 9.17) is 4.42 Å². The molecule has 18 heavy (non-hydrogen) atoms. The Kier molecular flexibility index (Phi) is 3.46. The van der Waals surface area contributed by atoms with Crippen LogP contribution in [0.1, 0.15) is 34.2 Å². The fourth-order valence-electron chi connectivity index (χ4n) is 1.76. The van der Waals surface area contributed by atoms with Gasteiger partial charge in [0.2, 0.25) is 0 Å². The fourth-order valence-corrected chi connectivity index (χ4v) is 1.76. The van der Waals surface area contributed by atoms with Gasteiger partial charge in [0.1, 0.15) is 5.76 Å². The lowest BCUT2D eigenvalue weighted by molar-refractivity contribution is 0.102. The first-order valence-corrected chi connectivity index (χ1v) is 5.93. The molecule has 1 aromatic heterocycles. The lowest BCUT2D eigenvalue weighted by Gasteiger charge is -2.05. The lowest BCUT2D eigenvalue weighted by atomic mass is 10.1. The van der Waals surface area contributed by atoms with Crippen LogP contribution in [0.3, 0.4) is 0 Å². The molecule has 0 unspecified atom stereocenters. The highest BCUT2D eigenvalue weighted by Gasteiger charge is 2.12. The van der Waals surface area contributed by atoms with E-state index in [0.717, 1.165) is 23.3 Å². The third kappa shape index (κ3) is 2.59. The average Bonchev–Trinajstić information content (AvgIpc) is 2.76. The summed E-state index contributed by atoms with van der Waals surface area (Å²) in [5.41, 5.74) is 2.71. The smallest absolute Gasteiger partial charge is 0.301 e. The largest absolute Gasteiger partial charge is 0.428 e. The first-order valence-electron chi connectivity index (χ1n) is 5.93. The monoisotopic (exact) mass is 244 g/mol. The van der Waals surface area contributed by atoms with Crippen LogP contribution in [0, 0.1) is 13.8 Å². The van der Waals surface area contributed by atoms with Crippen molar-refractivity contribution < 1.29 is 9.21 Å². The molecule has 1 amide bonds. The number of anilines is 1. The number of nitrogens with one attached hydrogen (secondary N) is 1. The first-order chi connectivity index (χ1) is 8.60. The van der Waals surface area contributed by atoms with Crippen LogP contribution in [0.2, 0.25) is 0 Å². The van der Waals surface area contributed by atoms with E-state index in [0.29, 0.717) is 5.56 Å². The van der Waals surface area contributed by atoms with Gasteiger partial charge in [0.25, 0.3) is 5.91 Å². The van der Waals surface area contributed by atoms with Crippen molar-refractivity contribution in [2.24, 2.45) is 0 Å². The molecule has 94 valence electrons. The number of rotatable bonds is 3. The predicted molar refractivity (Wildman–Crippen MR) is 69.8 cm³/mol. The van der Waals surface area contributed by atoms with Crippen molar-refractivity contribution in [2.45, 2.75) is 27.2 Å². The molecule has 0 fully saturated rings. The minimum atomic E-state index is -0.197. The molecule has 0 spiro atoms. The summed E-state index contributed by atoms with van der Waals surface area (Å²) >= 11 is 0. The number of oxazole rings is 1. The molecule has 0 aliphatic heterocycles. The molecular formula is C14H16N2O2. The molecule has 0 radical (unpaired) electrons. The van der Waals surface area contributed by atoms with E-state index in [2.05, 4.69) is 10.3 Å². The summed E-state index contributed by atoms with van der Waals surface area (Å²) in [6, 6.07) is 5.94. The van der Waals surface area contributed by atoms with Crippen molar-refractivity contribution in [2.75, 3.05) is 5.32 Å². The summed E-state index contributed by atoms with van der Waals surface area (Å²) in [6.45, 7) is 5.88. The molecular weight excluding hydrogens is 228 g/mol. The number of amides is 1. The van der Waals surface area contributed by atoms with Gasteiger partial charge < -0.3 is 4.42 Å². The molecule has 0 aliphatic carbocycles. The third-order valence-corrected chi connectivity index (χ3v) is 2.75. The predicted octanol–water partition coefficient (Wildman–Crippen LogP) is 3.11. The van der Waals surface area contributed by atoms with Crippen molar-refractivity contribution in [1.82, 2.24) is 4.98 Å². The highest BCUT2D eigenvalue weighted by atomic mass is 16.4. The van der Waals surface area contributed by atoms with Crippen LogP contribution < -0.4 is 5.32 Å². The molecule has 1 aromatic carbocycles. The second-order valence-corrected chi connectivity index (χ2v) is 4.26. The van der Waals surface area contributed by atoms with Crippen LogP contribution in [-0.4, -0.2) is 10.9 Å². The molecule has 0 aliphatic rings. The Morgan fingerprint density at radius 2 is 2.17 bits per heavy atom. The van der Waals surface area contributed by atoms with Gasteiger partial charge in [-0.3, -0.25) is 10.1 Å². The number of carbonyl (C=O) groups is 1. The van der Waals surface area contributed by atoms with E-state index in [1.807, 2.05) is 39.0 Å². The van der Waals surface area contributed by atoms with Crippen molar-refractivity contribution in [3.63, 3.8) is 0 Å². The second-order valence-electron chi connectivity index (χ2n) is 4.26. The Morgan fingerprint density at radius 1 is 1.39 bits per heavy atom. The van der Waals surface area contributed by atoms with Gasteiger partial charge in [-0.2, -0.15) is 0 Å². The maximum absolute atomic E-state index is 12.0. The lowest BCUT2D eigenvalue weighted by Crippen LogP contribution is -2.13. The molecule has 0 bridgehead atoms. The van der Waals surface area contributed by atoms with Crippen molar-refractivity contribution >= 4 is 11.9 Å². The minimum Gasteiger partial charge on any atom is -0.428 e. The standard InChI is InChI=1S/C14H16N2O2/c1-4-11-8-15-14(18-11)16-13(17)12-6-5-9(2)7-10(12)3/h5-8H,4H2,1-3H3,(H,15,16,17). The van der Waals surface area contributed by atoms with Gasteiger partial charge in [0.15, 0.2) is 0 Å². The van der Waals surface area contributed by atoms with Crippen molar-refractivity contribution in [1.29, 1.82) is 0 Å². The molecule has 1 N–H and O–H groups in total. The topological polar surface area (TPSA) is 55.1 Å². The molecule has 0 atom stereocenters. The second kappa shape index (κ2) is 5.04. The van der Waals surface area contributed by atoms with E-state index in [1.165, 1.54) is 0 Å². The Balaban J connectivity index is 2.16. The molecule has 0 saturated carbocycles. The van der Waals surface area contributed by atoms with E-state index in [-0.39, 0.29) is 11.9 Å². The van der Waals surface area contributed by atoms with Crippen molar-refractivity contribution in [3.05, 3.63) is 46.8 Å². The van der Waals surface area contributed by atoms with Crippen LogP contribution in [-0.2, 0) is 6.42 Å². The van der Waals surface area contributed by atoms with E-state index in [1.54, 1.807) is 6.20 Å². The highest BCUT2D eigenvalue weighted by molar-refractivity contribution is 6.04. The average molecular weight is 244 g/mol. The summed E-state index contributed by atoms with van der Waals surface area (Å²) in [5.74, 6) is 0.558. The number of nitrogens with zero attached hydrogens (tertiary/aromatic N) is 1. The van der Waals surface area contributed by atoms with Gasteiger partial charge in [0, 0.05) is 12.0 Å². The van der Waals surface area contributed by atoms with Crippen LogP contribution in [0.5, 0.6) is 0 Å². The number of aryl methyl sites for hydroxylation is 3. The Morgan fingerprint density at radius 3 is 2.78 bits per heavy atom. The normalized spacial score (nSPS) is 10.4. The minimum absolute atomic E-state index is 0.197. The summed E-state index contributed by atoms with van der Waals surface area (Å²) < 4.78 is 5.35. The summed E-state index contributed by atoms with van der Waals surface area (Å²) in [7, 11) is 0. The Bertz CT molecular complexity index is 573. The zero-order chi connectivity index (χ0) is 13.1. The van der Waals surface area contributed by atoms with E-state index in [9.17, 15) is 4.79 Å². The summed E-state index contributed by atoms with van der Waals surface area (Å²) in [6.07, 6.45) is 2.38. The third-order valence-electron chi connectivity index (χ3n) is 2.75. The zero-order valence-electron chi connectivity index (χ0n) is 10.8. The number of hydrogen-bond donors (Lipinski definition) is 1. The molecule has 0 saturated heterocycles. The van der Waals surface area contributed by atoms with Crippen LogP contribution in [0.4, 0.5) is 6.01 Å². The van der Waals surface area contributed by atoms with Crippen LogP contribution in [0.15, 0.2) is 28.8 Å². The zero-order valence-corrected chi connectivity index (χ0v) is 10.8. The quantitative estimate of drug-likeness (QED) is 0.902. The van der Waals surface area contributed by atoms with Gasteiger partial charge in [0.05, 0.1) is 6.20 Å². The molecule has 4 nitrogen and oxygen atoms in total. The van der Waals surface area contributed by atoms with Gasteiger partial charge in [-0.05, 0) is 25.5 Å². The maximum atomic E-state index is 12.0. The number of hydrogen-bond acceptors (Lipinski definition) is 3. The fraction of sp³-hybridized carbons (Fsp3) is 0.286. The highest BCUT2D eigenvalue weighted by Crippen LogP contribution is 2.14. The number of aromatic nitrogens is 1. The number of benzene rings is 1. The SMILES string of the molecule is CCc1cnc(NC(=O)c2ccc(C)cc2C)o1. The van der Waals surface area contributed by atoms with E-state index < -0.39 is 0 Å². The van der Waals surface area contributed by atoms with Crippen LogP contribution >= 0.6 is 0 Å². The molecule has 4 heteroatoms. The summed E-state index contributed by atoms with van der Waals surface area (Å²) in [4.78, 5) is 16.0. The summed E-state index contributed by atoms with van der Waals surface area (Å²) in [5, 5.41) is 2.66. The van der Waals surface area contributed by atoms with Gasteiger partial charge in [-0.25, -0.2) is 4.98 Å². The van der Waals surface area contributed by atoms with Crippen molar-refractivity contribution in [3.8, 4) is 0 Å². The first kappa shape index (κ1) is 12.4. The van der Waals surface area contributed by atoms with Gasteiger partial charge in [-0.1, -0.05) is 24.6 Å². The van der Waals surface area contributed by atoms with Gasteiger partial charge >= 0.3 is 6.01 Å². The molecule has 2 aromatic rings. The maximum Gasteiger partial charge on any atom is 0.301 e. The molecule has 2 rings (SSSR count). The van der Waals surface area contributed by atoms with E-state index >= 15 is 0 Å². The molecule has 1 heterocycles. The Hall–Kier alpha value is -2.10. The van der Waals surface area contributed by atoms with Gasteiger partial charge in [-0.15, -0.1) is 0 Å². The van der Waals surface area contributed by atoms with Crippen LogP contribution in [0.25, 0.3) is 0 Å². The Labute approximate surface area is 106 Å².